The smallest absolute Gasteiger partial charge is 0.287 e. The maximum Gasteiger partial charge on any atom is 0.287 e. The van der Waals surface area contributed by atoms with Gasteiger partial charge in [0.05, 0.1) is 23.8 Å². The second kappa shape index (κ2) is 3.69. The van der Waals surface area contributed by atoms with Crippen molar-refractivity contribution in [1.82, 2.24) is 4.98 Å². The maximum absolute atomic E-state index is 10.3. The van der Waals surface area contributed by atoms with Crippen LogP contribution in [0.5, 0.6) is 0 Å². The number of hydrogen-bond acceptors (Lipinski definition) is 5. The molecule has 0 unspecified atom stereocenters. The van der Waals surface area contributed by atoms with E-state index in [1.54, 1.807) is 0 Å². The molecule has 0 bridgehead atoms. The van der Waals surface area contributed by atoms with Crippen LogP contribution in [0.1, 0.15) is 12.0 Å². The predicted octanol–water partition coefficient (Wildman–Crippen LogP) is 1.04. The van der Waals surface area contributed by atoms with Gasteiger partial charge in [-0.25, -0.2) is 4.98 Å². The maximum atomic E-state index is 10.3. The van der Waals surface area contributed by atoms with Crippen LogP contribution < -0.4 is 0 Å². The number of nitrogens with zero attached hydrogens (tertiary/aromatic N) is 2. The van der Waals surface area contributed by atoms with E-state index < -0.39 is 11.2 Å². The van der Waals surface area contributed by atoms with Gasteiger partial charge < -0.3 is 9.47 Å². The van der Waals surface area contributed by atoms with E-state index in [1.165, 1.54) is 18.3 Å². The van der Waals surface area contributed by atoms with E-state index in [-0.39, 0.29) is 5.69 Å². The predicted molar refractivity (Wildman–Crippen MR) is 45.5 cm³/mol. The molecule has 74 valence electrons. The number of rotatable bonds is 2. The fraction of sp³-hybridized carbons (Fsp3) is 0.375. The number of aromatic nitrogens is 1. The van der Waals surface area contributed by atoms with Gasteiger partial charge in [-0.2, -0.15) is 0 Å². The molecular weight excluding hydrogens is 188 g/mol. The minimum absolute atomic E-state index is 0.0354. The van der Waals surface area contributed by atoms with E-state index in [0.29, 0.717) is 18.9 Å². The molecule has 1 aliphatic rings. The molecule has 0 radical (unpaired) electrons. The van der Waals surface area contributed by atoms with E-state index in [1.807, 2.05) is 0 Å². The third-order valence-corrected chi connectivity index (χ3v) is 1.84. The van der Waals surface area contributed by atoms with Crippen LogP contribution >= 0.6 is 0 Å². The van der Waals surface area contributed by atoms with Gasteiger partial charge in [-0.3, -0.25) is 10.1 Å². The molecule has 6 nitrogen and oxygen atoms in total. The number of pyridine rings is 1. The van der Waals surface area contributed by atoms with Crippen molar-refractivity contribution in [3.8, 4) is 0 Å². The molecule has 0 aliphatic carbocycles. The minimum Gasteiger partial charge on any atom is -0.345 e. The van der Waals surface area contributed by atoms with Gasteiger partial charge in [0.15, 0.2) is 0 Å². The van der Waals surface area contributed by atoms with Crippen LogP contribution in [0.2, 0.25) is 0 Å². The van der Waals surface area contributed by atoms with Crippen molar-refractivity contribution in [2.45, 2.75) is 6.29 Å². The highest BCUT2D eigenvalue weighted by molar-refractivity contribution is 5.27. The lowest BCUT2D eigenvalue weighted by Gasteiger charge is -2.06. The standard InChI is InChI=1S/C8H8N2O4/c11-10(12)6-1-2-7(9-5-6)8-13-3-4-14-8/h1-2,5,8H,3-4H2. The molecule has 1 aromatic heterocycles. The largest absolute Gasteiger partial charge is 0.345 e. The lowest BCUT2D eigenvalue weighted by atomic mass is 10.3. The SMILES string of the molecule is O=[N+]([O-])c1ccc(C2OCCO2)nc1. The first kappa shape index (κ1) is 9.04. The van der Waals surface area contributed by atoms with Crippen LogP contribution in [0.25, 0.3) is 0 Å². The molecule has 0 saturated carbocycles. The van der Waals surface area contributed by atoms with Crippen molar-refractivity contribution >= 4 is 5.69 Å². The molecule has 0 atom stereocenters. The fourth-order valence-corrected chi connectivity index (χ4v) is 1.17. The highest BCUT2D eigenvalue weighted by atomic mass is 16.7. The van der Waals surface area contributed by atoms with Gasteiger partial charge in [0.2, 0.25) is 6.29 Å². The zero-order valence-corrected chi connectivity index (χ0v) is 7.25. The van der Waals surface area contributed by atoms with Gasteiger partial charge in [0.25, 0.3) is 5.69 Å². The van der Waals surface area contributed by atoms with E-state index >= 15 is 0 Å². The molecule has 0 aromatic carbocycles. The Hall–Kier alpha value is -1.53. The molecule has 2 rings (SSSR count). The van der Waals surface area contributed by atoms with Crippen molar-refractivity contribution < 1.29 is 14.4 Å². The van der Waals surface area contributed by atoms with Crippen LogP contribution in [0, 0.1) is 10.1 Å². The third-order valence-electron chi connectivity index (χ3n) is 1.84. The van der Waals surface area contributed by atoms with Crippen molar-refractivity contribution in [1.29, 1.82) is 0 Å². The van der Waals surface area contributed by atoms with Crippen molar-refractivity contribution in [2.75, 3.05) is 13.2 Å². The van der Waals surface area contributed by atoms with Gasteiger partial charge in [-0.1, -0.05) is 0 Å². The van der Waals surface area contributed by atoms with E-state index in [4.69, 9.17) is 9.47 Å². The summed E-state index contributed by atoms with van der Waals surface area (Å²) in [5, 5.41) is 10.3. The Morgan fingerprint density at radius 1 is 1.43 bits per heavy atom. The van der Waals surface area contributed by atoms with Gasteiger partial charge in [-0.15, -0.1) is 0 Å². The molecule has 2 heterocycles. The summed E-state index contributed by atoms with van der Waals surface area (Å²) in [7, 11) is 0. The highest BCUT2D eigenvalue weighted by Gasteiger charge is 2.20. The quantitative estimate of drug-likeness (QED) is 0.521. The Morgan fingerprint density at radius 3 is 2.64 bits per heavy atom. The summed E-state index contributed by atoms with van der Waals surface area (Å²) in [6.07, 6.45) is 0.719. The third kappa shape index (κ3) is 1.70. The zero-order valence-electron chi connectivity index (χ0n) is 7.25. The summed E-state index contributed by atoms with van der Waals surface area (Å²) in [5.41, 5.74) is 0.528. The highest BCUT2D eigenvalue weighted by Crippen LogP contribution is 2.22. The number of ether oxygens (including phenoxy) is 2. The Labute approximate surface area is 79.6 Å². The van der Waals surface area contributed by atoms with Gasteiger partial charge >= 0.3 is 0 Å². The van der Waals surface area contributed by atoms with Crippen LogP contribution in [0.15, 0.2) is 18.3 Å². The Kier molecular flexibility index (Phi) is 2.38. The first-order valence-electron chi connectivity index (χ1n) is 4.11. The molecule has 1 aliphatic heterocycles. The molecule has 1 saturated heterocycles. The van der Waals surface area contributed by atoms with Crippen LogP contribution in [0.3, 0.4) is 0 Å². The molecule has 1 aromatic rings. The molecular formula is C8H8N2O4. The Morgan fingerprint density at radius 2 is 2.14 bits per heavy atom. The van der Waals surface area contributed by atoms with Crippen molar-refractivity contribution in [3.63, 3.8) is 0 Å². The first-order valence-corrected chi connectivity index (χ1v) is 4.11. The minimum atomic E-state index is -0.493. The van der Waals surface area contributed by atoms with Gasteiger partial charge in [0.1, 0.15) is 6.20 Å². The first-order chi connectivity index (χ1) is 6.77. The van der Waals surface area contributed by atoms with Crippen LogP contribution in [-0.4, -0.2) is 23.1 Å². The fourth-order valence-electron chi connectivity index (χ4n) is 1.17. The second-order valence-electron chi connectivity index (χ2n) is 2.77. The summed E-state index contributed by atoms with van der Waals surface area (Å²) in [4.78, 5) is 13.7. The monoisotopic (exact) mass is 196 g/mol. The van der Waals surface area contributed by atoms with E-state index in [2.05, 4.69) is 4.98 Å². The molecule has 0 spiro atoms. The Balaban J connectivity index is 2.16. The van der Waals surface area contributed by atoms with Crippen LogP contribution in [-0.2, 0) is 9.47 Å². The molecule has 1 fully saturated rings. The summed E-state index contributed by atoms with van der Waals surface area (Å²) in [5.74, 6) is 0. The summed E-state index contributed by atoms with van der Waals surface area (Å²) in [6, 6.07) is 2.92. The lowest BCUT2D eigenvalue weighted by molar-refractivity contribution is -0.385. The molecule has 0 N–H and O–H groups in total. The molecule has 0 amide bonds. The van der Waals surface area contributed by atoms with E-state index in [0.717, 1.165) is 0 Å². The summed E-state index contributed by atoms with van der Waals surface area (Å²) in [6.45, 7) is 1.06. The zero-order chi connectivity index (χ0) is 9.97. The van der Waals surface area contributed by atoms with Crippen molar-refractivity contribution in [2.24, 2.45) is 0 Å². The average Bonchev–Trinajstić information content (AvgIpc) is 2.71. The topological polar surface area (TPSA) is 74.5 Å². The summed E-state index contributed by atoms with van der Waals surface area (Å²) < 4.78 is 10.4. The van der Waals surface area contributed by atoms with Crippen molar-refractivity contribution in [3.05, 3.63) is 34.1 Å². The normalized spacial score (nSPS) is 17.1. The van der Waals surface area contributed by atoms with Crippen LogP contribution in [0.4, 0.5) is 5.69 Å². The lowest BCUT2D eigenvalue weighted by Crippen LogP contribution is -2.01. The Bertz CT molecular complexity index is 332. The number of hydrogen-bond donors (Lipinski definition) is 0. The average molecular weight is 196 g/mol. The van der Waals surface area contributed by atoms with E-state index in [9.17, 15) is 10.1 Å². The molecule has 6 heteroatoms. The second-order valence-corrected chi connectivity index (χ2v) is 2.77. The van der Waals surface area contributed by atoms with Gasteiger partial charge in [-0.05, 0) is 6.07 Å². The molecule has 14 heavy (non-hydrogen) atoms. The summed E-state index contributed by atoms with van der Waals surface area (Å²) >= 11 is 0. The number of nitro groups is 1. The van der Waals surface area contributed by atoms with Gasteiger partial charge in [0, 0.05) is 6.07 Å².